The number of anilines is 2. The van der Waals surface area contributed by atoms with Crippen molar-refractivity contribution < 1.29 is 18.7 Å². The van der Waals surface area contributed by atoms with Gasteiger partial charge in [-0.2, -0.15) is 0 Å². The summed E-state index contributed by atoms with van der Waals surface area (Å²) in [5, 5.41) is 6.36. The number of carbonyl (C=O) groups excluding carboxylic acids is 2. The van der Waals surface area contributed by atoms with E-state index in [1.165, 1.54) is 12.3 Å². The number of nitrogen functional groups attached to an aromatic ring is 1. The Labute approximate surface area is 151 Å². The number of furan rings is 1. The Bertz CT molecular complexity index is 834. The lowest BCUT2D eigenvalue weighted by Gasteiger charge is -2.19. The normalized spacial score (nSPS) is 11.7. The predicted molar refractivity (Wildman–Crippen MR) is 101 cm³/mol. The number of hydrogen-bond acceptors (Lipinski definition) is 6. The molecular formula is C18H24N4O4. The summed E-state index contributed by atoms with van der Waals surface area (Å²) >= 11 is 0. The summed E-state index contributed by atoms with van der Waals surface area (Å²) in [7, 11) is 0. The molecule has 1 aromatic carbocycles. The molecule has 8 nitrogen and oxygen atoms in total. The number of alkyl carbamates (subject to hydrolysis) is 1. The van der Waals surface area contributed by atoms with Crippen molar-refractivity contribution in [2.45, 2.75) is 26.4 Å². The van der Waals surface area contributed by atoms with Gasteiger partial charge in [-0.3, -0.25) is 4.79 Å². The van der Waals surface area contributed by atoms with Crippen LogP contribution in [0.25, 0.3) is 11.0 Å². The fourth-order valence-electron chi connectivity index (χ4n) is 2.32. The Morgan fingerprint density at radius 2 is 1.96 bits per heavy atom. The van der Waals surface area contributed by atoms with E-state index in [-0.39, 0.29) is 0 Å². The molecule has 0 saturated carbocycles. The van der Waals surface area contributed by atoms with Gasteiger partial charge in [0.15, 0.2) is 5.58 Å². The quantitative estimate of drug-likeness (QED) is 0.462. The van der Waals surface area contributed by atoms with Crippen molar-refractivity contribution in [1.82, 2.24) is 5.32 Å². The maximum atomic E-state index is 11.5. The summed E-state index contributed by atoms with van der Waals surface area (Å²) in [4.78, 5) is 23.0. The molecule has 8 heteroatoms. The molecule has 0 radical (unpaired) electrons. The van der Waals surface area contributed by atoms with Crippen molar-refractivity contribution >= 4 is 34.3 Å². The van der Waals surface area contributed by atoms with Gasteiger partial charge in [0.1, 0.15) is 11.3 Å². The van der Waals surface area contributed by atoms with Crippen molar-refractivity contribution in [2.75, 3.05) is 24.1 Å². The zero-order valence-electron chi connectivity index (χ0n) is 15.1. The van der Waals surface area contributed by atoms with Crippen LogP contribution in [-0.2, 0) is 4.74 Å². The molecule has 2 amide bonds. The van der Waals surface area contributed by atoms with Gasteiger partial charge in [-0.1, -0.05) is 12.2 Å². The zero-order chi connectivity index (χ0) is 19.3. The Kier molecular flexibility index (Phi) is 5.76. The maximum Gasteiger partial charge on any atom is 0.407 e. The average Bonchev–Trinajstić information content (AvgIpc) is 2.99. The predicted octanol–water partition coefficient (Wildman–Crippen LogP) is 2.61. The van der Waals surface area contributed by atoms with Crippen LogP contribution in [0.4, 0.5) is 16.2 Å². The molecule has 0 aliphatic heterocycles. The molecule has 0 saturated heterocycles. The van der Waals surface area contributed by atoms with Crippen molar-refractivity contribution in [1.29, 1.82) is 0 Å². The van der Waals surface area contributed by atoms with Gasteiger partial charge in [0.05, 0.1) is 17.5 Å². The van der Waals surface area contributed by atoms with Crippen molar-refractivity contribution in [3.63, 3.8) is 0 Å². The highest BCUT2D eigenvalue weighted by Gasteiger charge is 2.16. The van der Waals surface area contributed by atoms with Crippen molar-refractivity contribution in [2.24, 2.45) is 5.73 Å². The SMILES string of the molecule is CC(C)(C)OC(=O)NC/C=C/CNc1c(N)cc(C(N)=O)c2ccoc12. The number of nitrogens with two attached hydrogens (primary N) is 2. The van der Waals surface area contributed by atoms with Crippen LogP contribution in [0, 0.1) is 0 Å². The lowest BCUT2D eigenvalue weighted by molar-refractivity contribution is 0.0534. The van der Waals surface area contributed by atoms with Crippen molar-refractivity contribution in [3.8, 4) is 0 Å². The molecule has 0 unspecified atom stereocenters. The van der Waals surface area contributed by atoms with E-state index in [1.54, 1.807) is 32.9 Å². The molecular weight excluding hydrogens is 336 g/mol. The second-order valence-electron chi connectivity index (χ2n) is 6.65. The van der Waals surface area contributed by atoms with Crippen LogP contribution in [0.3, 0.4) is 0 Å². The van der Waals surface area contributed by atoms with Gasteiger partial charge in [0, 0.05) is 18.5 Å². The Hall–Kier alpha value is -3.16. The first-order chi connectivity index (χ1) is 12.2. The summed E-state index contributed by atoms with van der Waals surface area (Å²) in [6.07, 6.45) is 4.61. The molecule has 1 heterocycles. The van der Waals surface area contributed by atoms with Crippen molar-refractivity contribution in [3.05, 3.63) is 36.1 Å². The number of nitrogens with one attached hydrogen (secondary N) is 2. The smallest absolute Gasteiger partial charge is 0.407 e. The first kappa shape index (κ1) is 19.2. The van der Waals surface area contributed by atoms with E-state index in [0.717, 1.165) is 0 Å². The Balaban J connectivity index is 1.93. The first-order valence-corrected chi connectivity index (χ1v) is 8.14. The molecule has 140 valence electrons. The fraction of sp³-hybridized carbons (Fsp3) is 0.333. The number of carbonyl (C=O) groups is 2. The third-order valence-electron chi connectivity index (χ3n) is 3.36. The molecule has 0 atom stereocenters. The van der Waals surface area contributed by atoms with Crippen LogP contribution in [0.5, 0.6) is 0 Å². The zero-order valence-corrected chi connectivity index (χ0v) is 15.1. The van der Waals surface area contributed by atoms with E-state index in [1.807, 2.05) is 6.08 Å². The molecule has 26 heavy (non-hydrogen) atoms. The van der Waals surface area contributed by atoms with Crippen LogP contribution in [0.2, 0.25) is 0 Å². The van der Waals surface area contributed by atoms with Crippen LogP contribution in [-0.4, -0.2) is 30.7 Å². The second-order valence-corrected chi connectivity index (χ2v) is 6.65. The summed E-state index contributed by atoms with van der Waals surface area (Å²) in [6.45, 7) is 6.19. The van der Waals surface area contributed by atoms with Gasteiger partial charge in [0.25, 0.3) is 0 Å². The molecule has 0 spiro atoms. The molecule has 0 bridgehead atoms. The molecule has 1 aromatic heterocycles. The van der Waals surface area contributed by atoms with E-state index < -0.39 is 17.6 Å². The van der Waals surface area contributed by atoms with E-state index in [4.69, 9.17) is 20.6 Å². The topological polar surface area (TPSA) is 133 Å². The van der Waals surface area contributed by atoms with Crippen LogP contribution >= 0.6 is 0 Å². The third-order valence-corrected chi connectivity index (χ3v) is 3.36. The Morgan fingerprint density at radius 1 is 1.27 bits per heavy atom. The van der Waals surface area contributed by atoms with E-state index in [9.17, 15) is 9.59 Å². The summed E-state index contributed by atoms with van der Waals surface area (Å²) in [6, 6.07) is 3.19. The van der Waals surface area contributed by atoms with Gasteiger partial charge in [-0.05, 0) is 32.9 Å². The van der Waals surface area contributed by atoms with Gasteiger partial charge < -0.3 is 31.3 Å². The highest BCUT2D eigenvalue weighted by atomic mass is 16.6. The van der Waals surface area contributed by atoms with E-state index >= 15 is 0 Å². The largest absolute Gasteiger partial charge is 0.462 e. The van der Waals surface area contributed by atoms with Gasteiger partial charge in [0.2, 0.25) is 5.91 Å². The number of amides is 2. The minimum Gasteiger partial charge on any atom is -0.462 e. The highest BCUT2D eigenvalue weighted by molar-refractivity contribution is 6.10. The van der Waals surface area contributed by atoms with E-state index in [2.05, 4.69) is 10.6 Å². The van der Waals surface area contributed by atoms with Gasteiger partial charge >= 0.3 is 6.09 Å². The molecule has 0 fully saturated rings. The number of rotatable bonds is 6. The fourth-order valence-corrected chi connectivity index (χ4v) is 2.32. The number of benzene rings is 1. The minimum atomic E-state index is -0.567. The maximum absolute atomic E-state index is 11.5. The molecule has 6 N–H and O–H groups in total. The van der Waals surface area contributed by atoms with Crippen LogP contribution in [0.15, 0.2) is 35.0 Å². The molecule has 0 aliphatic carbocycles. The number of primary amides is 1. The molecule has 0 aliphatic rings. The van der Waals surface area contributed by atoms with Crippen LogP contribution < -0.4 is 22.1 Å². The summed E-state index contributed by atoms with van der Waals surface area (Å²) in [5.41, 5.74) is 12.6. The van der Waals surface area contributed by atoms with Gasteiger partial charge in [-0.25, -0.2) is 4.79 Å². The average molecular weight is 360 g/mol. The molecule has 2 rings (SSSR count). The number of ether oxygens (including phenoxy) is 1. The molecule has 2 aromatic rings. The monoisotopic (exact) mass is 360 g/mol. The van der Waals surface area contributed by atoms with E-state index in [0.29, 0.717) is 41.0 Å². The summed E-state index contributed by atoms with van der Waals surface area (Å²) < 4.78 is 10.6. The second kappa shape index (κ2) is 7.81. The first-order valence-electron chi connectivity index (χ1n) is 8.14. The lowest BCUT2D eigenvalue weighted by Crippen LogP contribution is -2.32. The standard InChI is InChI=1S/C18H24N4O4/c1-18(2,3)26-17(24)22-8-5-4-7-21-14-13(19)10-12(16(20)23)11-6-9-25-15(11)14/h4-6,9-10,21H,7-8,19H2,1-3H3,(H2,20,23)(H,22,24)/b5-4+. The minimum absolute atomic E-state index is 0.314. The lowest BCUT2D eigenvalue weighted by atomic mass is 10.1. The number of hydrogen-bond donors (Lipinski definition) is 4. The number of fused-ring (bicyclic) bond motifs is 1. The highest BCUT2D eigenvalue weighted by Crippen LogP contribution is 2.33. The van der Waals surface area contributed by atoms with Gasteiger partial charge in [-0.15, -0.1) is 0 Å². The Morgan fingerprint density at radius 3 is 2.62 bits per heavy atom. The summed E-state index contributed by atoms with van der Waals surface area (Å²) in [5.74, 6) is -0.567. The van der Waals surface area contributed by atoms with Crippen LogP contribution in [0.1, 0.15) is 31.1 Å². The third kappa shape index (κ3) is 4.92.